The lowest BCUT2D eigenvalue weighted by Gasteiger charge is -2.23. The molecule has 1 aliphatic carbocycles. The third-order valence-corrected chi connectivity index (χ3v) is 7.97. The molecule has 0 saturated carbocycles. The summed E-state index contributed by atoms with van der Waals surface area (Å²) < 4.78 is 40.3. The molecule has 0 bridgehead atoms. The van der Waals surface area contributed by atoms with Crippen LogP contribution < -0.4 is 10.1 Å². The Morgan fingerprint density at radius 1 is 1.12 bits per heavy atom. The van der Waals surface area contributed by atoms with Gasteiger partial charge in [0, 0.05) is 58.2 Å². The summed E-state index contributed by atoms with van der Waals surface area (Å²) >= 11 is 4.86. The van der Waals surface area contributed by atoms with Crippen molar-refractivity contribution in [3.8, 4) is 28.1 Å². The summed E-state index contributed by atoms with van der Waals surface area (Å²) in [5.41, 5.74) is 4.97. The maximum absolute atomic E-state index is 13.5. The fourth-order valence-corrected chi connectivity index (χ4v) is 6.01. The van der Waals surface area contributed by atoms with Crippen LogP contribution in [-0.4, -0.2) is 37.4 Å². The van der Waals surface area contributed by atoms with Crippen LogP contribution in [0.2, 0.25) is 0 Å². The highest BCUT2D eigenvalue weighted by Gasteiger charge is 2.29. The average Bonchev–Trinajstić information content (AvgIpc) is 3.64. The second kappa shape index (κ2) is 10.2. The van der Waals surface area contributed by atoms with E-state index in [9.17, 15) is 13.6 Å². The number of carbonyl (C=O) groups is 1. The molecule has 43 heavy (non-hydrogen) atoms. The summed E-state index contributed by atoms with van der Waals surface area (Å²) in [6.07, 6.45) is 2.95. The number of imidazole rings is 1. The molecule has 2 aromatic heterocycles. The van der Waals surface area contributed by atoms with Crippen LogP contribution in [0.1, 0.15) is 60.2 Å². The minimum Gasteiger partial charge on any atom is -0.420 e. The number of hydrogen-bond acceptors (Lipinski definition) is 5. The third kappa shape index (κ3) is 5.04. The Bertz CT molecular complexity index is 1890. The first-order valence-electron chi connectivity index (χ1n) is 14.1. The lowest BCUT2D eigenvalue weighted by atomic mass is 9.96. The van der Waals surface area contributed by atoms with Crippen LogP contribution in [0.5, 0.6) is 5.75 Å². The van der Waals surface area contributed by atoms with Gasteiger partial charge >= 0.3 is 5.57 Å². The molecule has 1 amide bonds. The van der Waals surface area contributed by atoms with Crippen LogP contribution in [0.15, 0.2) is 60.8 Å². The van der Waals surface area contributed by atoms with E-state index in [0.29, 0.717) is 30.0 Å². The van der Waals surface area contributed by atoms with Crippen molar-refractivity contribution in [3.63, 3.8) is 0 Å². The van der Waals surface area contributed by atoms with Gasteiger partial charge in [-0.2, -0.15) is 5.10 Å². The molecule has 3 heterocycles. The van der Waals surface area contributed by atoms with E-state index in [-0.39, 0.29) is 23.7 Å². The van der Waals surface area contributed by atoms with Gasteiger partial charge in [-0.25, -0.2) is 4.98 Å². The smallest absolute Gasteiger partial charge is 0.420 e. The summed E-state index contributed by atoms with van der Waals surface area (Å²) in [5.74, 6) is 0.312. The molecule has 8 nitrogen and oxygen atoms in total. The Kier molecular flexibility index (Phi) is 6.51. The maximum atomic E-state index is 13.5. The Hall–Kier alpha value is -4.28. The van der Waals surface area contributed by atoms with Gasteiger partial charge in [0.25, 0.3) is 5.91 Å². The zero-order valence-electron chi connectivity index (χ0n) is 23.7. The molecule has 1 atom stereocenters. The van der Waals surface area contributed by atoms with E-state index in [0.717, 1.165) is 40.1 Å². The number of benzene rings is 3. The van der Waals surface area contributed by atoms with Crippen molar-refractivity contribution in [2.45, 2.75) is 51.5 Å². The highest BCUT2D eigenvalue weighted by molar-refractivity contribution is 6.20. The first-order chi connectivity index (χ1) is 20.5. The van der Waals surface area contributed by atoms with Crippen molar-refractivity contribution < 1.29 is 23.0 Å². The Labute approximate surface area is 251 Å². The Balaban J connectivity index is 1.30. The predicted octanol–water partition coefficient (Wildman–Crippen LogP) is 7.56. The van der Waals surface area contributed by atoms with Crippen molar-refractivity contribution in [3.05, 3.63) is 83.3 Å². The van der Waals surface area contributed by atoms with E-state index < -0.39 is 5.57 Å². The molecular weight excluding hydrogens is 576 g/mol. The molecule has 0 unspecified atom stereocenters. The first kappa shape index (κ1) is 27.5. The molecule has 5 aromatic rings. The highest BCUT2D eigenvalue weighted by atomic mass is 35.5. The van der Waals surface area contributed by atoms with Gasteiger partial charge in [0.2, 0.25) is 0 Å². The minimum atomic E-state index is -3.82. The molecule has 0 saturated heterocycles. The summed E-state index contributed by atoms with van der Waals surface area (Å²) in [4.78, 5) is 18.4. The predicted molar refractivity (Wildman–Crippen MR) is 160 cm³/mol. The number of anilines is 1. The number of carbonyl (C=O) groups excluding carboxylic acids is 1. The number of alkyl halides is 3. The van der Waals surface area contributed by atoms with Crippen molar-refractivity contribution in [1.82, 2.24) is 19.3 Å². The molecular formula is C32H28ClF2N5O3. The van der Waals surface area contributed by atoms with Gasteiger partial charge in [-0.15, -0.1) is 8.78 Å². The number of amides is 1. The first-order valence-corrected chi connectivity index (χ1v) is 14.4. The molecule has 2 aliphatic rings. The van der Waals surface area contributed by atoms with Gasteiger partial charge < -0.3 is 19.4 Å². The highest BCUT2D eigenvalue weighted by Crippen LogP contribution is 2.41. The van der Waals surface area contributed by atoms with Crippen molar-refractivity contribution in [2.75, 3.05) is 11.9 Å². The van der Waals surface area contributed by atoms with Gasteiger partial charge in [-0.05, 0) is 74.4 Å². The number of ether oxygens (including phenoxy) is 2. The number of nitrogens with one attached hydrogen (secondary N) is 1. The average molecular weight is 604 g/mol. The maximum Gasteiger partial charge on any atom is 0.487 e. The Morgan fingerprint density at radius 3 is 2.65 bits per heavy atom. The molecule has 7 rings (SSSR count). The third-order valence-electron chi connectivity index (χ3n) is 7.89. The fraction of sp³-hybridized carbons (Fsp3) is 0.281. The topological polar surface area (TPSA) is 83.2 Å². The van der Waals surface area contributed by atoms with E-state index in [1.54, 1.807) is 6.07 Å². The molecule has 0 radical (unpaired) electrons. The summed E-state index contributed by atoms with van der Waals surface area (Å²) in [6.45, 7) is 7.27. The Morgan fingerprint density at radius 2 is 1.91 bits per heavy atom. The van der Waals surface area contributed by atoms with E-state index >= 15 is 0 Å². The van der Waals surface area contributed by atoms with Crippen LogP contribution in [0.4, 0.5) is 14.5 Å². The minimum absolute atomic E-state index is 0.0658. The van der Waals surface area contributed by atoms with E-state index in [2.05, 4.69) is 59.8 Å². The van der Waals surface area contributed by atoms with Crippen LogP contribution in [-0.2, 0) is 17.8 Å². The molecule has 1 N–H and O–H groups in total. The lowest BCUT2D eigenvalue weighted by molar-refractivity contribution is -0.0964. The monoisotopic (exact) mass is 603 g/mol. The molecule has 3 aromatic carbocycles. The van der Waals surface area contributed by atoms with Crippen LogP contribution in [0, 0.1) is 0 Å². The normalized spacial score (nSPS) is 15.8. The zero-order chi connectivity index (χ0) is 30.0. The van der Waals surface area contributed by atoms with E-state index in [1.807, 2.05) is 10.7 Å². The van der Waals surface area contributed by atoms with Crippen molar-refractivity contribution in [2.24, 2.45) is 0 Å². The second-order valence-electron chi connectivity index (χ2n) is 11.3. The van der Waals surface area contributed by atoms with Gasteiger partial charge in [-0.3, -0.25) is 9.48 Å². The zero-order valence-corrected chi connectivity index (χ0v) is 24.5. The largest absolute Gasteiger partial charge is 0.487 e. The molecule has 220 valence electrons. The quantitative estimate of drug-likeness (QED) is 0.199. The van der Waals surface area contributed by atoms with Crippen LogP contribution in [0.3, 0.4) is 0 Å². The van der Waals surface area contributed by atoms with E-state index in [1.165, 1.54) is 35.4 Å². The second-order valence-corrected chi connectivity index (χ2v) is 11.7. The number of fused-ring (bicyclic) bond motifs is 6. The number of halogens is 3. The summed E-state index contributed by atoms with van der Waals surface area (Å²) in [7, 11) is 0. The lowest BCUT2D eigenvalue weighted by Crippen LogP contribution is -2.21. The van der Waals surface area contributed by atoms with Gasteiger partial charge in [0.15, 0.2) is 0 Å². The van der Waals surface area contributed by atoms with Crippen molar-refractivity contribution >= 4 is 34.2 Å². The molecule has 11 heteroatoms. The van der Waals surface area contributed by atoms with Gasteiger partial charge in [0.05, 0.1) is 29.4 Å². The molecule has 0 spiro atoms. The fourth-order valence-electron chi connectivity index (χ4n) is 5.92. The number of aromatic nitrogens is 4. The summed E-state index contributed by atoms with van der Waals surface area (Å²) in [5, 5.41) is 7.72. The standard InChI is InChI=1S/C32H28ClF2N5O3/c1-17(2)39-14-22-10-19-4-5-20(11-25(19)29(22)38-39)26-12-21(13-27-30(26)40-18(3)15-42-16-28(40)37-27)31(41)36-23-6-8-24(9-7-23)43-32(33,34)35/h4-9,11-14,17-18H,10,15-16H2,1-3H3,(H,36,41)/t18-/m1/s1. The van der Waals surface area contributed by atoms with Crippen LogP contribution >= 0.6 is 11.6 Å². The van der Waals surface area contributed by atoms with E-state index in [4.69, 9.17) is 26.4 Å². The van der Waals surface area contributed by atoms with Crippen molar-refractivity contribution in [1.29, 1.82) is 0 Å². The van der Waals surface area contributed by atoms with Gasteiger partial charge in [0.1, 0.15) is 18.2 Å². The number of nitrogens with zero attached hydrogens (tertiary/aromatic N) is 4. The SMILES string of the molecule is CC(C)n1cc2c(n1)-c1cc(-c3cc(C(=O)Nc4ccc(OC(F)(F)Cl)cc4)cc4nc5n(c34)[C@H](C)COC5)ccc1C2. The van der Waals surface area contributed by atoms with Gasteiger partial charge in [-0.1, -0.05) is 12.1 Å². The number of hydrogen-bond donors (Lipinski definition) is 1. The summed E-state index contributed by atoms with van der Waals surface area (Å²) in [6, 6.07) is 15.9. The van der Waals surface area contributed by atoms with Crippen LogP contribution in [0.25, 0.3) is 33.4 Å². The molecule has 1 aliphatic heterocycles. The molecule has 0 fully saturated rings. The number of rotatable bonds is 6.